The van der Waals surface area contributed by atoms with Crippen LogP contribution in [0.25, 0.3) is 5.65 Å². The van der Waals surface area contributed by atoms with E-state index in [2.05, 4.69) is 25.8 Å². The highest BCUT2D eigenvalue weighted by atomic mass is 16.5. The van der Waals surface area contributed by atoms with Crippen molar-refractivity contribution in [1.82, 2.24) is 25.2 Å². The number of benzene rings is 2. The first kappa shape index (κ1) is 27.8. The number of nitrogens with one attached hydrogen (secondary N) is 3. The molecule has 10 heteroatoms. The Morgan fingerprint density at radius 3 is 2.54 bits per heavy atom. The molecule has 0 aliphatic heterocycles. The Labute approximate surface area is 239 Å². The maximum absolute atomic E-state index is 13.3. The predicted octanol–water partition coefficient (Wildman–Crippen LogP) is 6.06. The fourth-order valence-electron chi connectivity index (χ4n) is 4.79. The average Bonchev–Trinajstić information content (AvgIpc) is 3.30. The van der Waals surface area contributed by atoms with E-state index >= 15 is 0 Å². The lowest BCUT2D eigenvalue weighted by Gasteiger charge is -2.32. The van der Waals surface area contributed by atoms with E-state index in [9.17, 15) is 4.79 Å². The number of nitrogens with zero attached hydrogens (tertiary/aromatic N) is 4. The molecule has 0 bridgehead atoms. The molecule has 2 aromatic carbocycles. The van der Waals surface area contributed by atoms with Gasteiger partial charge in [0.2, 0.25) is 5.95 Å². The van der Waals surface area contributed by atoms with Gasteiger partial charge in [0.05, 0.1) is 17.9 Å². The summed E-state index contributed by atoms with van der Waals surface area (Å²) in [7, 11) is 0. The minimum atomic E-state index is -0.356. The molecule has 2 amide bonds. The highest BCUT2D eigenvalue weighted by Crippen LogP contribution is 2.38. The van der Waals surface area contributed by atoms with E-state index in [0.29, 0.717) is 41.7 Å². The maximum atomic E-state index is 13.3. The molecular weight excluding hydrogens is 516 g/mol. The topological polar surface area (TPSA) is 143 Å². The van der Waals surface area contributed by atoms with E-state index in [1.54, 1.807) is 10.6 Å². The van der Waals surface area contributed by atoms with Gasteiger partial charge in [-0.3, -0.25) is 9.72 Å². The molecule has 0 saturated heterocycles. The molecule has 0 fully saturated rings. The number of amides is 2. The third-order valence-corrected chi connectivity index (χ3v) is 7.23. The number of hydrogen-bond acceptors (Lipinski definition) is 7. The first-order valence-corrected chi connectivity index (χ1v) is 13.7. The monoisotopic (exact) mass is 552 g/mol. The number of rotatable bonds is 6. The molecule has 2 heterocycles. The zero-order valence-corrected chi connectivity index (χ0v) is 23.8. The number of ether oxygens (including phenoxy) is 1. The largest absolute Gasteiger partial charge is 0.484 e. The summed E-state index contributed by atoms with van der Waals surface area (Å²) in [6, 6.07) is 18.9. The van der Waals surface area contributed by atoms with Crippen molar-refractivity contribution in [1.29, 1.82) is 5.41 Å². The molecule has 2 aromatic heterocycles. The van der Waals surface area contributed by atoms with Crippen LogP contribution in [0.3, 0.4) is 0 Å². The van der Waals surface area contributed by atoms with Gasteiger partial charge in [0.25, 0.3) is 0 Å². The third kappa shape index (κ3) is 6.54. The van der Waals surface area contributed by atoms with Gasteiger partial charge >= 0.3 is 6.03 Å². The quantitative estimate of drug-likeness (QED) is 0.170. The minimum absolute atomic E-state index is 0.187. The van der Waals surface area contributed by atoms with Crippen molar-refractivity contribution >= 4 is 34.9 Å². The maximum Gasteiger partial charge on any atom is 0.320 e. The van der Waals surface area contributed by atoms with Crippen LogP contribution in [0.2, 0.25) is 0 Å². The highest BCUT2D eigenvalue weighted by molar-refractivity contribution is 6.09. The molecule has 0 spiro atoms. The highest BCUT2D eigenvalue weighted by Gasteiger charge is 2.30. The van der Waals surface area contributed by atoms with Crippen LogP contribution in [0, 0.1) is 17.7 Å². The van der Waals surface area contributed by atoms with Crippen molar-refractivity contribution < 1.29 is 9.53 Å². The van der Waals surface area contributed by atoms with Crippen molar-refractivity contribution in [2.24, 2.45) is 10.4 Å². The number of nitrogens with two attached hydrogens (primary N) is 1. The molecule has 2 unspecified atom stereocenters. The second-order valence-corrected chi connectivity index (χ2v) is 11.4. The van der Waals surface area contributed by atoms with E-state index < -0.39 is 0 Å². The van der Waals surface area contributed by atoms with E-state index in [-0.39, 0.29) is 30.0 Å². The van der Waals surface area contributed by atoms with Crippen LogP contribution in [0.4, 0.5) is 16.4 Å². The normalized spacial score (nSPS) is 17.1. The Balaban J connectivity index is 1.32. The van der Waals surface area contributed by atoms with Gasteiger partial charge in [-0.25, -0.2) is 9.79 Å². The van der Waals surface area contributed by atoms with Crippen LogP contribution < -0.4 is 21.1 Å². The SMILES string of the molecule is Cc1ccc(N=C(CC(=N)C(C)(C)C)NC(=O)NC2CCC(Oc3ccc4nnc(N)n4c3)c3ccccc32)cc1. The van der Waals surface area contributed by atoms with Gasteiger partial charge in [0.1, 0.15) is 17.7 Å². The summed E-state index contributed by atoms with van der Waals surface area (Å²) in [6.45, 7) is 7.96. The van der Waals surface area contributed by atoms with Crippen molar-refractivity contribution in [3.05, 3.63) is 83.6 Å². The van der Waals surface area contributed by atoms with Crippen LogP contribution in [-0.2, 0) is 0 Å². The number of aromatic nitrogens is 3. The van der Waals surface area contributed by atoms with Gasteiger partial charge in [-0.2, -0.15) is 0 Å². The third-order valence-electron chi connectivity index (χ3n) is 7.23. The molecule has 1 aliphatic carbocycles. The van der Waals surface area contributed by atoms with Crippen LogP contribution in [0.1, 0.15) is 68.9 Å². The Morgan fingerprint density at radius 1 is 1.07 bits per heavy atom. The van der Waals surface area contributed by atoms with E-state index in [0.717, 1.165) is 22.4 Å². The zero-order valence-electron chi connectivity index (χ0n) is 23.8. The molecule has 1 aliphatic rings. The average molecular weight is 553 g/mol. The smallest absolute Gasteiger partial charge is 0.320 e. The molecule has 0 radical (unpaired) electrons. The van der Waals surface area contributed by atoms with Gasteiger partial charge in [0, 0.05) is 12.1 Å². The number of fused-ring (bicyclic) bond motifs is 2. The second-order valence-electron chi connectivity index (χ2n) is 11.4. The molecule has 212 valence electrons. The number of urea groups is 1. The number of aryl methyl sites for hydroxylation is 1. The zero-order chi connectivity index (χ0) is 29.1. The van der Waals surface area contributed by atoms with Gasteiger partial charge in [0.15, 0.2) is 5.65 Å². The molecule has 41 heavy (non-hydrogen) atoms. The molecule has 5 N–H and O–H groups in total. The Hall–Kier alpha value is -4.73. The lowest BCUT2D eigenvalue weighted by atomic mass is 9.85. The summed E-state index contributed by atoms with van der Waals surface area (Å²) < 4.78 is 8.07. The number of carbonyl (C=O) groups is 1. The standard InChI is InChI=1S/C31H36N8O2/c1-19-9-11-20(12-10-19)34-27(17-26(32)31(2,3)4)36-30(40)35-24-14-15-25(23-8-6-5-7-22(23)24)41-21-13-16-28-37-38-29(33)39(28)18-21/h5-13,16,18,24-25,32H,14-15,17H2,1-4H3,(H2,33,38)(H2,34,35,36,40). The van der Waals surface area contributed by atoms with Gasteiger partial charge < -0.3 is 21.2 Å². The summed E-state index contributed by atoms with van der Waals surface area (Å²) in [5.41, 5.74) is 10.6. The van der Waals surface area contributed by atoms with E-state index in [4.69, 9.17) is 15.9 Å². The predicted molar refractivity (Wildman–Crippen MR) is 161 cm³/mol. The van der Waals surface area contributed by atoms with E-state index in [1.807, 2.05) is 88.4 Å². The van der Waals surface area contributed by atoms with Crippen molar-refractivity contribution in [3.8, 4) is 5.75 Å². The molecular formula is C31H36N8O2. The van der Waals surface area contributed by atoms with Crippen molar-refractivity contribution in [3.63, 3.8) is 0 Å². The Bertz CT molecular complexity index is 1600. The first-order valence-electron chi connectivity index (χ1n) is 13.7. The van der Waals surface area contributed by atoms with Gasteiger partial charge in [-0.05, 0) is 60.6 Å². The summed E-state index contributed by atoms with van der Waals surface area (Å²) in [5, 5.41) is 22.5. The minimum Gasteiger partial charge on any atom is -0.484 e. The summed E-state index contributed by atoms with van der Waals surface area (Å²) in [5.74, 6) is 1.39. The van der Waals surface area contributed by atoms with Crippen LogP contribution in [-0.4, -0.2) is 32.2 Å². The van der Waals surface area contributed by atoms with Crippen molar-refractivity contribution in [2.45, 2.75) is 59.1 Å². The summed E-state index contributed by atoms with van der Waals surface area (Å²) >= 11 is 0. The first-order chi connectivity index (χ1) is 19.6. The fraction of sp³-hybridized carbons (Fsp3) is 0.323. The molecule has 0 saturated carbocycles. The van der Waals surface area contributed by atoms with Crippen LogP contribution in [0.5, 0.6) is 5.75 Å². The number of hydrogen-bond donors (Lipinski definition) is 4. The lowest BCUT2D eigenvalue weighted by molar-refractivity contribution is 0.171. The second kappa shape index (κ2) is 11.4. The van der Waals surface area contributed by atoms with Gasteiger partial charge in [-0.1, -0.05) is 62.7 Å². The van der Waals surface area contributed by atoms with Crippen LogP contribution >= 0.6 is 0 Å². The van der Waals surface area contributed by atoms with Crippen molar-refractivity contribution in [2.75, 3.05) is 5.73 Å². The Morgan fingerprint density at radius 2 is 1.80 bits per heavy atom. The molecule has 10 nitrogen and oxygen atoms in total. The fourth-order valence-corrected chi connectivity index (χ4v) is 4.79. The number of pyridine rings is 1. The van der Waals surface area contributed by atoms with Crippen LogP contribution in [0.15, 0.2) is 71.9 Å². The molecule has 2 atom stereocenters. The summed E-state index contributed by atoms with van der Waals surface area (Å²) in [4.78, 5) is 18.0. The Kier molecular flexibility index (Phi) is 7.74. The number of anilines is 1. The number of aliphatic imine (C=N–C) groups is 1. The number of amidine groups is 1. The van der Waals surface area contributed by atoms with E-state index in [1.165, 1.54) is 0 Å². The van der Waals surface area contributed by atoms with Gasteiger partial charge in [-0.15, -0.1) is 10.2 Å². The number of carbonyl (C=O) groups excluding carboxylic acids is 1. The molecule has 4 aromatic rings. The molecule has 5 rings (SSSR count). The lowest BCUT2D eigenvalue weighted by Crippen LogP contribution is -2.43. The number of nitrogen functional groups attached to an aromatic ring is 1. The summed E-state index contributed by atoms with van der Waals surface area (Å²) in [6.07, 6.45) is 3.23.